The first-order valence-electron chi connectivity index (χ1n) is 9.72. The number of aryl methyl sites for hydroxylation is 1. The molecule has 0 radical (unpaired) electrons. The first-order chi connectivity index (χ1) is 13.1. The van der Waals surface area contributed by atoms with E-state index in [-0.39, 0.29) is 0 Å². The third-order valence-electron chi connectivity index (χ3n) is 5.62. The van der Waals surface area contributed by atoms with Gasteiger partial charge in [0.15, 0.2) is 0 Å². The second kappa shape index (κ2) is 7.36. The third-order valence-corrected chi connectivity index (χ3v) is 5.62. The number of hydrogen-bond acceptors (Lipinski definition) is 5. The zero-order chi connectivity index (χ0) is 19.0. The summed E-state index contributed by atoms with van der Waals surface area (Å²) in [6, 6.07) is 2.46. The zero-order valence-corrected chi connectivity index (χ0v) is 16.3. The second-order valence-corrected chi connectivity index (χ2v) is 7.36. The highest BCUT2D eigenvalue weighted by Crippen LogP contribution is 2.36. The Kier molecular flexibility index (Phi) is 4.93. The van der Waals surface area contributed by atoms with Crippen molar-refractivity contribution in [2.45, 2.75) is 32.6 Å². The Morgan fingerprint density at radius 1 is 1.44 bits per heavy atom. The van der Waals surface area contributed by atoms with Crippen molar-refractivity contribution in [1.29, 1.82) is 0 Å². The number of pyridine rings is 1. The van der Waals surface area contributed by atoms with Crippen molar-refractivity contribution in [2.75, 3.05) is 24.5 Å². The number of fused-ring (bicyclic) bond motifs is 1. The monoisotopic (exact) mass is 366 g/mol. The molecule has 3 aromatic rings. The molecule has 4 heterocycles. The lowest BCUT2D eigenvalue weighted by Crippen LogP contribution is -2.52. The van der Waals surface area contributed by atoms with Gasteiger partial charge in [0.25, 0.3) is 0 Å². The second-order valence-electron chi connectivity index (χ2n) is 7.36. The van der Waals surface area contributed by atoms with E-state index >= 15 is 0 Å². The highest BCUT2D eigenvalue weighted by atomic mass is 16.2. The minimum Gasteiger partial charge on any atom is -0.437 e. The number of H-pyrrole nitrogens is 1. The summed E-state index contributed by atoms with van der Waals surface area (Å²) >= 11 is 0. The highest BCUT2D eigenvalue weighted by Gasteiger charge is 2.29. The minimum atomic E-state index is -0.421. The van der Waals surface area contributed by atoms with E-state index in [1.807, 2.05) is 43.3 Å². The van der Waals surface area contributed by atoms with Crippen molar-refractivity contribution in [2.24, 2.45) is 7.05 Å². The van der Waals surface area contributed by atoms with E-state index in [1.54, 1.807) is 0 Å². The summed E-state index contributed by atoms with van der Waals surface area (Å²) in [5.74, 6) is 0. The number of anilines is 1. The standard InChI is InChI=1S/C19H27BN6O/c1-4-26(20(2)27)15-6-5-9-25(13-15)17-7-8-21-19-18(17)16(11-22-19)14-10-23-24(3)12-14/h7-8,10-12,15,27H,4-6,9,13H2,1-3H3,(H,21,22)/t15-/m0/s1. The predicted octanol–water partition coefficient (Wildman–Crippen LogP) is 2.36. The van der Waals surface area contributed by atoms with Crippen molar-refractivity contribution < 1.29 is 5.02 Å². The number of nitrogens with zero attached hydrogens (tertiary/aromatic N) is 5. The molecule has 0 aliphatic carbocycles. The van der Waals surface area contributed by atoms with Crippen LogP contribution in [0.5, 0.6) is 0 Å². The van der Waals surface area contributed by atoms with Crippen LogP contribution in [0.25, 0.3) is 22.2 Å². The van der Waals surface area contributed by atoms with Crippen LogP contribution >= 0.6 is 0 Å². The van der Waals surface area contributed by atoms with Crippen LogP contribution < -0.4 is 4.90 Å². The van der Waals surface area contributed by atoms with Crippen LogP contribution in [0.3, 0.4) is 0 Å². The number of piperidine rings is 1. The van der Waals surface area contributed by atoms with E-state index in [9.17, 15) is 5.02 Å². The molecule has 0 saturated carbocycles. The van der Waals surface area contributed by atoms with E-state index in [4.69, 9.17) is 0 Å². The third kappa shape index (κ3) is 3.35. The molecule has 0 bridgehead atoms. The summed E-state index contributed by atoms with van der Waals surface area (Å²) in [6.45, 7) is 6.76. The molecule has 0 spiro atoms. The maximum atomic E-state index is 10.1. The Hall–Kier alpha value is -2.32. The Balaban J connectivity index is 1.72. The molecule has 1 aliphatic heterocycles. The van der Waals surface area contributed by atoms with Gasteiger partial charge in [0.05, 0.1) is 11.6 Å². The first kappa shape index (κ1) is 18.1. The topological polar surface area (TPSA) is 73.2 Å². The van der Waals surface area contributed by atoms with Crippen LogP contribution in [-0.2, 0) is 7.05 Å². The van der Waals surface area contributed by atoms with Gasteiger partial charge in [0.2, 0.25) is 0 Å². The number of nitrogens with one attached hydrogen (secondary N) is 1. The molecule has 0 unspecified atom stereocenters. The fourth-order valence-corrected chi connectivity index (χ4v) is 4.36. The predicted molar refractivity (Wildman–Crippen MR) is 110 cm³/mol. The summed E-state index contributed by atoms with van der Waals surface area (Å²) in [5, 5.41) is 15.6. The van der Waals surface area contributed by atoms with Crippen molar-refractivity contribution in [1.82, 2.24) is 24.6 Å². The molecule has 142 valence electrons. The van der Waals surface area contributed by atoms with E-state index in [0.717, 1.165) is 54.6 Å². The smallest absolute Gasteiger partial charge is 0.376 e. The van der Waals surface area contributed by atoms with Gasteiger partial charge in [-0.15, -0.1) is 0 Å². The quantitative estimate of drug-likeness (QED) is 0.679. The lowest BCUT2D eigenvalue weighted by atomic mass is 9.81. The maximum Gasteiger partial charge on any atom is 0.376 e. The molecule has 8 heteroatoms. The van der Waals surface area contributed by atoms with Crippen molar-refractivity contribution in [3.05, 3.63) is 30.9 Å². The number of aromatic amines is 1. The van der Waals surface area contributed by atoms with Gasteiger partial charge in [-0.2, -0.15) is 5.10 Å². The normalized spacial score (nSPS) is 17.8. The molecule has 2 N–H and O–H groups in total. The Morgan fingerprint density at radius 2 is 2.30 bits per heavy atom. The first-order valence-corrected chi connectivity index (χ1v) is 9.72. The zero-order valence-electron chi connectivity index (χ0n) is 16.3. The SMILES string of the molecule is CCN(B(C)O)[C@H]1CCCN(c2ccnc3[nH]cc(-c4cnn(C)c4)c23)C1. The average molecular weight is 366 g/mol. The van der Waals surface area contributed by atoms with Crippen LogP contribution in [-0.4, -0.2) is 62.3 Å². The van der Waals surface area contributed by atoms with Gasteiger partial charge in [0.1, 0.15) is 5.65 Å². The lowest BCUT2D eigenvalue weighted by molar-refractivity contribution is 0.262. The van der Waals surface area contributed by atoms with Crippen LogP contribution in [0.2, 0.25) is 6.82 Å². The summed E-state index contributed by atoms with van der Waals surface area (Å²) in [4.78, 5) is 12.5. The minimum absolute atomic E-state index is 0.354. The van der Waals surface area contributed by atoms with Gasteiger partial charge >= 0.3 is 7.05 Å². The van der Waals surface area contributed by atoms with Crippen LogP contribution in [0, 0.1) is 0 Å². The molecule has 7 nitrogen and oxygen atoms in total. The Morgan fingerprint density at radius 3 is 3.00 bits per heavy atom. The number of rotatable bonds is 5. The number of hydrogen-bond donors (Lipinski definition) is 2. The van der Waals surface area contributed by atoms with Gasteiger partial charge < -0.3 is 19.7 Å². The maximum absolute atomic E-state index is 10.1. The molecule has 1 aliphatic rings. The van der Waals surface area contributed by atoms with Crippen LogP contribution in [0.1, 0.15) is 19.8 Å². The molecule has 1 atom stereocenters. The summed E-state index contributed by atoms with van der Waals surface area (Å²) in [6.07, 6.45) is 10.1. The van der Waals surface area contributed by atoms with Gasteiger partial charge in [0, 0.05) is 61.6 Å². The van der Waals surface area contributed by atoms with E-state index in [2.05, 4.69) is 37.8 Å². The number of likely N-dealkylation sites (N-methyl/N-ethyl adjacent to an activating group) is 1. The molecule has 1 saturated heterocycles. The van der Waals surface area contributed by atoms with Gasteiger partial charge in [-0.3, -0.25) is 4.68 Å². The molecular formula is C19H27BN6O. The number of aromatic nitrogens is 4. The molecule has 0 amide bonds. The Labute approximate surface area is 160 Å². The lowest BCUT2D eigenvalue weighted by Gasteiger charge is -2.41. The van der Waals surface area contributed by atoms with E-state index < -0.39 is 7.05 Å². The van der Waals surface area contributed by atoms with Crippen LogP contribution in [0.15, 0.2) is 30.9 Å². The van der Waals surface area contributed by atoms with Gasteiger partial charge in [-0.05, 0) is 32.3 Å². The molecular weight excluding hydrogens is 339 g/mol. The molecule has 0 aromatic carbocycles. The molecule has 4 rings (SSSR count). The molecule has 27 heavy (non-hydrogen) atoms. The van der Waals surface area contributed by atoms with Crippen molar-refractivity contribution >= 4 is 23.8 Å². The Bertz CT molecular complexity index is 920. The largest absolute Gasteiger partial charge is 0.437 e. The average Bonchev–Trinajstić information content (AvgIpc) is 3.28. The van der Waals surface area contributed by atoms with Crippen molar-refractivity contribution in [3.8, 4) is 11.1 Å². The summed E-state index contributed by atoms with van der Waals surface area (Å²) in [7, 11) is 1.51. The fourth-order valence-electron chi connectivity index (χ4n) is 4.36. The summed E-state index contributed by atoms with van der Waals surface area (Å²) in [5.41, 5.74) is 4.32. The van der Waals surface area contributed by atoms with Crippen molar-refractivity contribution in [3.63, 3.8) is 0 Å². The molecule has 3 aromatic heterocycles. The van der Waals surface area contributed by atoms with E-state index in [1.165, 1.54) is 5.69 Å². The van der Waals surface area contributed by atoms with Gasteiger partial charge in [-0.25, -0.2) is 4.98 Å². The highest BCUT2D eigenvalue weighted by molar-refractivity contribution is 6.45. The van der Waals surface area contributed by atoms with Gasteiger partial charge in [-0.1, -0.05) is 6.92 Å². The fraction of sp³-hybridized carbons (Fsp3) is 0.474. The molecule has 1 fully saturated rings. The van der Waals surface area contributed by atoms with E-state index in [0.29, 0.717) is 6.04 Å². The summed E-state index contributed by atoms with van der Waals surface area (Å²) < 4.78 is 1.82. The van der Waals surface area contributed by atoms with Crippen LogP contribution in [0.4, 0.5) is 5.69 Å².